The SMILES string of the molecule is COc1ccc(CCNC2CCCC2C2COCCN2)c(Cl)c1. The zero-order chi connectivity index (χ0) is 16.1. The van der Waals surface area contributed by atoms with Gasteiger partial charge in [-0.25, -0.2) is 0 Å². The van der Waals surface area contributed by atoms with Crippen molar-refractivity contribution in [3.63, 3.8) is 0 Å². The highest BCUT2D eigenvalue weighted by molar-refractivity contribution is 6.31. The molecule has 1 aliphatic carbocycles. The molecule has 1 aromatic carbocycles. The molecule has 2 N–H and O–H groups in total. The van der Waals surface area contributed by atoms with Crippen LogP contribution in [0.15, 0.2) is 18.2 Å². The van der Waals surface area contributed by atoms with Crippen LogP contribution in [0.25, 0.3) is 0 Å². The monoisotopic (exact) mass is 338 g/mol. The molecule has 0 spiro atoms. The van der Waals surface area contributed by atoms with Crippen LogP contribution in [0.3, 0.4) is 0 Å². The summed E-state index contributed by atoms with van der Waals surface area (Å²) < 4.78 is 10.8. The molecule has 128 valence electrons. The molecule has 1 aromatic rings. The molecule has 2 fully saturated rings. The van der Waals surface area contributed by atoms with Crippen molar-refractivity contribution in [3.05, 3.63) is 28.8 Å². The van der Waals surface area contributed by atoms with Gasteiger partial charge in [0.2, 0.25) is 0 Å². The van der Waals surface area contributed by atoms with E-state index in [4.69, 9.17) is 21.1 Å². The second-order valence-corrected chi connectivity index (χ2v) is 6.91. The van der Waals surface area contributed by atoms with E-state index in [0.29, 0.717) is 18.0 Å². The number of methoxy groups -OCH3 is 1. The lowest BCUT2D eigenvalue weighted by Gasteiger charge is -2.33. The van der Waals surface area contributed by atoms with Crippen molar-refractivity contribution >= 4 is 11.6 Å². The van der Waals surface area contributed by atoms with E-state index in [0.717, 1.165) is 43.5 Å². The number of ether oxygens (including phenoxy) is 2. The number of rotatable bonds is 6. The van der Waals surface area contributed by atoms with Crippen molar-refractivity contribution in [3.8, 4) is 5.75 Å². The van der Waals surface area contributed by atoms with E-state index in [1.165, 1.54) is 24.8 Å². The first-order chi connectivity index (χ1) is 11.3. The smallest absolute Gasteiger partial charge is 0.120 e. The molecule has 0 amide bonds. The lowest BCUT2D eigenvalue weighted by Crippen LogP contribution is -2.51. The summed E-state index contributed by atoms with van der Waals surface area (Å²) in [5.41, 5.74) is 1.17. The maximum absolute atomic E-state index is 6.32. The van der Waals surface area contributed by atoms with Crippen LogP contribution >= 0.6 is 11.6 Å². The molecular weight excluding hydrogens is 312 g/mol. The van der Waals surface area contributed by atoms with E-state index in [2.05, 4.69) is 16.7 Å². The van der Waals surface area contributed by atoms with Crippen molar-refractivity contribution in [1.29, 1.82) is 0 Å². The lowest BCUT2D eigenvalue weighted by molar-refractivity contribution is 0.0526. The van der Waals surface area contributed by atoms with Crippen molar-refractivity contribution in [2.45, 2.75) is 37.8 Å². The topological polar surface area (TPSA) is 42.5 Å². The first-order valence-corrected chi connectivity index (χ1v) is 9.02. The van der Waals surface area contributed by atoms with Crippen molar-refractivity contribution < 1.29 is 9.47 Å². The van der Waals surface area contributed by atoms with Crippen molar-refractivity contribution in [1.82, 2.24) is 10.6 Å². The summed E-state index contributed by atoms with van der Waals surface area (Å²) in [7, 11) is 1.66. The van der Waals surface area contributed by atoms with Crippen LogP contribution in [0.1, 0.15) is 24.8 Å². The molecule has 1 heterocycles. The van der Waals surface area contributed by atoms with Gasteiger partial charge in [-0.1, -0.05) is 24.1 Å². The Morgan fingerprint density at radius 3 is 3.04 bits per heavy atom. The molecule has 0 bridgehead atoms. The first-order valence-electron chi connectivity index (χ1n) is 8.65. The van der Waals surface area contributed by atoms with Crippen LogP contribution in [0.2, 0.25) is 5.02 Å². The fourth-order valence-electron chi connectivity index (χ4n) is 3.83. The minimum atomic E-state index is 0.508. The molecule has 1 aliphatic heterocycles. The van der Waals surface area contributed by atoms with Crippen molar-refractivity contribution in [2.24, 2.45) is 5.92 Å². The second kappa shape index (κ2) is 8.34. The Balaban J connectivity index is 1.49. The Kier molecular flexibility index (Phi) is 6.17. The minimum Gasteiger partial charge on any atom is -0.497 e. The number of benzene rings is 1. The lowest BCUT2D eigenvalue weighted by atomic mass is 9.94. The molecule has 4 nitrogen and oxygen atoms in total. The summed E-state index contributed by atoms with van der Waals surface area (Å²) in [4.78, 5) is 0. The van der Waals surface area contributed by atoms with Crippen LogP contribution in [-0.2, 0) is 11.2 Å². The largest absolute Gasteiger partial charge is 0.497 e. The Bertz CT molecular complexity index is 506. The maximum atomic E-state index is 6.32. The van der Waals surface area contributed by atoms with Gasteiger partial charge in [0.05, 0.1) is 20.3 Å². The molecule has 5 heteroatoms. The van der Waals surface area contributed by atoms with Gasteiger partial charge in [0.15, 0.2) is 0 Å². The van der Waals surface area contributed by atoms with Crippen LogP contribution < -0.4 is 15.4 Å². The quantitative estimate of drug-likeness (QED) is 0.837. The predicted molar refractivity (Wildman–Crippen MR) is 93.4 cm³/mol. The highest BCUT2D eigenvalue weighted by Gasteiger charge is 2.34. The summed E-state index contributed by atoms with van der Waals surface area (Å²) in [6.45, 7) is 3.64. The highest BCUT2D eigenvalue weighted by Crippen LogP contribution is 2.29. The number of hydrogen-bond donors (Lipinski definition) is 2. The highest BCUT2D eigenvalue weighted by atomic mass is 35.5. The molecule has 23 heavy (non-hydrogen) atoms. The maximum Gasteiger partial charge on any atom is 0.120 e. The van der Waals surface area contributed by atoms with Crippen LogP contribution in [0.4, 0.5) is 0 Å². The zero-order valence-electron chi connectivity index (χ0n) is 13.8. The Labute approximate surface area is 143 Å². The number of morpholine rings is 1. The average Bonchev–Trinajstić information content (AvgIpc) is 3.05. The molecule has 3 unspecified atom stereocenters. The van der Waals surface area contributed by atoms with E-state index in [9.17, 15) is 0 Å². The van der Waals surface area contributed by atoms with E-state index >= 15 is 0 Å². The third-order valence-corrected chi connectivity index (χ3v) is 5.45. The van der Waals surface area contributed by atoms with Gasteiger partial charge in [-0.3, -0.25) is 0 Å². The number of hydrogen-bond acceptors (Lipinski definition) is 4. The number of halogens is 1. The fourth-order valence-corrected chi connectivity index (χ4v) is 4.10. The van der Waals surface area contributed by atoms with Gasteiger partial charge in [-0.05, 0) is 49.4 Å². The van der Waals surface area contributed by atoms with Crippen LogP contribution in [0.5, 0.6) is 5.75 Å². The standard InChI is InChI=1S/C18H27ClN2O2/c1-22-14-6-5-13(16(19)11-14)7-8-20-17-4-2-3-15(17)18-12-23-10-9-21-18/h5-6,11,15,17-18,20-21H,2-4,7-10,12H2,1H3. The Hall–Kier alpha value is -0.810. The minimum absolute atomic E-state index is 0.508. The molecule has 2 aliphatic rings. The molecular formula is C18H27ClN2O2. The van der Waals surface area contributed by atoms with Gasteiger partial charge in [-0.2, -0.15) is 0 Å². The van der Waals surface area contributed by atoms with Crippen molar-refractivity contribution in [2.75, 3.05) is 33.4 Å². The summed E-state index contributed by atoms with van der Waals surface area (Å²) in [5, 5.41) is 8.16. The van der Waals surface area contributed by atoms with Gasteiger partial charge in [-0.15, -0.1) is 0 Å². The normalized spacial score (nSPS) is 28.0. The third-order valence-electron chi connectivity index (χ3n) is 5.10. The molecule has 1 saturated heterocycles. The summed E-state index contributed by atoms with van der Waals surface area (Å²) in [6.07, 6.45) is 4.81. The van der Waals surface area contributed by atoms with Crippen LogP contribution in [-0.4, -0.2) is 45.5 Å². The van der Waals surface area contributed by atoms with E-state index in [1.807, 2.05) is 12.1 Å². The Morgan fingerprint density at radius 2 is 2.30 bits per heavy atom. The molecule has 0 aromatic heterocycles. The van der Waals surface area contributed by atoms with E-state index < -0.39 is 0 Å². The predicted octanol–water partition coefficient (Wildman–Crippen LogP) is 2.64. The third kappa shape index (κ3) is 4.38. The zero-order valence-corrected chi connectivity index (χ0v) is 14.6. The molecule has 3 atom stereocenters. The van der Waals surface area contributed by atoms with Gasteiger partial charge >= 0.3 is 0 Å². The van der Waals surface area contributed by atoms with Gasteiger partial charge in [0.25, 0.3) is 0 Å². The van der Waals surface area contributed by atoms with Crippen LogP contribution in [0, 0.1) is 5.92 Å². The van der Waals surface area contributed by atoms with Gasteiger partial charge in [0.1, 0.15) is 5.75 Å². The van der Waals surface area contributed by atoms with Gasteiger partial charge in [0, 0.05) is 23.7 Å². The summed E-state index contributed by atoms with van der Waals surface area (Å²) in [6, 6.07) is 7.02. The fraction of sp³-hybridized carbons (Fsp3) is 0.667. The molecule has 1 saturated carbocycles. The molecule has 0 radical (unpaired) electrons. The second-order valence-electron chi connectivity index (χ2n) is 6.50. The average molecular weight is 339 g/mol. The van der Waals surface area contributed by atoms with E-state index in [1.54, 1.807) is 7.11 Å². The van der Waals surface area contributed by atoms with Gasteiger partial charge < -0.3 is 20.1 Å². The number of nitrogens with one attached hydrogen (secondary N) is 2. The Morgan fingerprint density at radius 1 is 1.39 bits per heavy atom. The molecule has 3 rings (SSSR count). The van der Waals surface area contributed by atoms with E-state index in [-0.39, 0.29) is 0 Å². The first kappa shape index (κ1) is 17.0. The summed E-state index contributed by atoms with van der Waals surface area (Å²) in [5.74, 6) is 1.49. The summed E-state index contributed by atoms with van der Waals surface area (Å²) >= 11 is 6.32.